The van der Waals surface area contributed by atoms with Crippen LogP contribution in [0.15, 0.2) is 59.0 Å². The van der Waals surface area contributed by atoms with E-state index < -0.39 is 0 Å². The molecule has 7 heteroatoms. The van der Waals surface area contributed by atoms with Gasteiger partial charge in [-0.25, -0.2) is 0 Å². The molecule has 0 aliphatic carbocycles. The Morgan fingerprint density at radius 3 is 2.60 bits per heavy atom. The van der Waals surface area contributed by atoms with Crippen molar-refractivity contribution in [1.82, 2.24) is 15.1 Å². The smallest absolute Gasteiger partial charge is 0.260 e. The summed E-state index contributed by atoms with van der Waals surface area (Å²) in [5, 5.41) is 8.44. The summed E-state index contributed by atoms with van der Waals surface area (Å²) >= 11 is 5.99. The molecule has 6 nitrogen and oxygen atoms in total. The van der Waals surface area contributed by atoms with Crippen molar-refractivity contribution in [2.75, 3.05) is 13.7 Å². The first kappa shape index (κ1) is 17.0. The highest BCUT2D eigenvalue weighted by molar-refractivity contribution is 6.32. The number of rotatable bonds is 6. The summed E-state index contributed by atoms with van der Waals surface area (Å²) in [5.74, 6) is 1.02. The Bertz CT molecular complexity index is 852. The maximum absolute atomic E-state index is 12.2. The van der Waals surface area contributed by atoms with Crippen LogP contribution in [0.25, 0.3) is 11.5 Å². The van der Waals surface area contributed by atoms with E-state index in [1.165, 1.54) is 4.90 Å². The lowest BCUT2D eigenvalue weighted by molar-refractivity contribution is -0.132. The van der Waals surface area contributed by atoms with Crippen molar-refractivity contribution in [3.05, 3.63) is 65.5 Å². The lowest BCUT2D eigenvalue weighted by Gasteiger charge is -2.15. The molecule has 128 valence electrons. The van der Waals surface area contributed by atoms with E-state index in [2.05, 4.69) is 10.2 Å². The summed E-state index contributed by atoms with van der Waals surface area (Å²) in [7, 11) is 1.64. The Morgan fingerprint density at radius 1 is 1.12 bits per heavy atom. The largest absolute Gasteiger partial charge is 0.482 e. The molecule has 0 saturated heterocycles. The molecule has 0 saturated carbocycles. The van der Waals surface area contributed by atoms with E-state index in [1.54, 1.807) is 31.3 Å². The summed E-state index contributed by atoms with van der Waals surface area (Å²) in [6.45, 7) is 0.0739. The van der Waals surface area contributed by atoms with Crippen LogP contribution in [0.2, 0.25) is 5.02 Å². The van der Waals surface area contributed by atoms with Crippen molar-refractivity contribution in [3.8, 4) is 17.2 Å². The molecule has 2 aromatic carbocycles. The van der Waals surface area contributed by atoms with Gasteiger partial charge < -0.3 is 14.1 Å². The predicted octanol–water partition coefficient (Wildman–Crippen LogP) is 3.43. The standard InChI is InChI=1S/C18H16ClN3O3/c1-22(17(23)12-24-15-10-6-5-9-14(15)19)11-16-20-21-18(25-16)13-7-3-2-4-8-13/h2-10H,11-12H2,1H3. The molecule has 0 aliphatic rings. The van der Waals surface area contributed by atoms with Gasteiger partial charge in [-0.15, -0.1) is 10.2 Å². The van der Waals surface area contributed by atoms with Gasteiger partial charge in [0, 0.05) is 12.6 Å². The minimum Gasteiger partial charge on any atom is -0.482 e. The van der Waals surface area contributed by atoms with Crippen LogP contribution in [-0.4, -0.2) is 34.7 Å². The number of carbonyl (C=O) groups excluding carboxylic acids is 1. The first-order chi connectivity index (χ1) is 12.1. The van der Waals surface area contributed by atoms with Crippen molar-refractivity contribution < 1.29 is 13.9 Å². The van der Waals surface area contributed by atoms with Gasteiger partial charge in [0.15, 0.2) is 6.61 Å². The summed E-state index contributed by atoms with van der Waals surface area (Å²) in [6, 6.07) is 16.4. The van der Waals surface area contributed by atoms with Crippen molar-refractivity contribution in [2.24, 2.45) is 0 Å². The monoisotopic (exact) mass is 357 g/mol. The molecule has 3 rings (SSSR count). The van der Waals surface area contributed by atoms with Crippen LogP contribution in [-0.2, 0) is 11.3 Å². The molecule has 0 unspecified atom stereocenters. The number of aromatic nitrogens is 2. The minimum atomic E-state index is -0.223. The maximum atomic E-state index is 12.2. The molecular weight excluding hydrogens is 342 g/mol. The van der Waals surface area contributed by atoms with E-state index in [-0.39, 0.29) is 19.1 Å². The van der Waals surface area contributed by atoms with Gasteiger partial charge in [-0.2, -0.15) is 0 Å². The van der Waals surface area contributed by atoms with Gasteiger partial charge >= 0.3 is 0 Å². The number of ether oxygens (including phenoxy) is 1. The molecule has 0 spiro atoms. The van der Waals surface area contributed by atoms with E-state index in [9.17, 15) is 4.79 Å². The second-order valence-corrected chi connectivity index (χ2v) is 5.74. The van der Waals surface area contributed by atoms with Gasteiger partial charge in [-0.1, -0.05) is 41.9 Å². The van der Waals surface area contributed by atoms with E-state index >= 15 is 0 Å². The van der Waals surface area contributed by atoms with Crippen molar-refractivity contribution in [3.63, 3.8) is 0 Å². The Labute approximate surface area is 150 Å². The van der Waals surface area contributed by atoms with Crippen LogP contribution >= 0.6 is 11.6 Å². The fourth-order valence-electron chi connectivity index (χ4n) is 2.12. The molecule has 0 atom stereocenters. The van der Waals surface area contributed by atoms with Gasteiger partial charge in [-0.05, 0) is 24.3 Å². The molecule has 0 bridgehead atoms. The third-order valence-electron chi connectivity index (χ3n) is 3.47. The number of nitrogens with zero attached hydrogens (tertiary/aromatic N) is 3. The van der Waals surface area contributed by atoms with Crippen LogP contribution in [0.1, 0.15) is 5.89 Å². The number of hydrogen-bond donors (Lipinski definition) is 0. The number of para-hydroxylation sites is 1. The SMILES string of the molecule is CN(Cc1nnc(-c2ccccc2)o1)C(=O)COc1ccccc1Cl. The average Bonchev–Trinajstić information content (AvgIpc) is 3.10. The quantitative estimate of drug-likeness (QED) is 0.676. The van der Waals surface area contributed by atoms with Crippen LogP contribution < -0.4 is 4.74 Å². The third kappa shape index (κ3) is 4.36. The highest BCUT2D eigenvalue weighted by Crippen LogP contribution is 2.23. The Morgan fingerprint density at radius 2 is 1.84 bits per heavy atom. The zero-order valence-electron chi connectivity index (χ0n) is 13.6. The Hall–Kier alpha value is -2.86. The molecule has 0 aliphatic heterocycles. The molecule has 1 aromatic heterocycles. The second kappa shape index (κ2) is 7.81. The lowest BCUT2D eigenvalue weighted by atomic mass is 10.2. The van der Waals surface area contributed by atoms with Crippen LogP contribution in [0, 0.1) is 0 Å². The van der Waals surface area contributed by atoms with Gasteiger partial charge in [0.1, 0.15) is 5.75 Å². The maximum Gasteiger partial charge on any atom is 0.260 e. The number of likely N-dealkylation sites (N-methyl/N-ethyl adjacent to an activating group) is 1. The number of amides is 1. The first-order valence-electron chi connectivity index (χ1n) is 7.62. The number of hydrogen-bond acceptors (Lipinski definition) is 5. The first-order valence-corrected chi connectivity index (χ1v) is 8.00. The fraction of sp³-hybridized carbons (Fsp3) is 0.167. The van der Waals surface area contributed by atoms with Crippen LogP contribution in [0.5, 0.6) is 5.75 Å². The fourth-order valence-corrected chi connectivity index (χ4v) is 2.31. The number of benzene rings is 2. The Kier molecular flexibility index (Phi) is 5.30. The zero-order chi connectivity index (χ0) is 17.6. The van der Waals surface area contributed by atoms with E-state index in [4.69, 9.17) is 20.8 Å². The predicted molar refractivity (Wildman–Crippen MR) is 93.2 cm³/mol. The van der Waals surface area contributed by atoms with Crippen molar-refractivity contribution >= 4 is 17.5 Å². The summed E-state index contributed by atoms with van der Waals surface area (Å²) in [6.07, 6.45) is 0. The summed E-state index contributed by atoms with van der Waals surface area (Å²) in [4.78, 5) is 13.6. The highest BCUT2D eigenvalue weighted by atomic mass is 35.5. The van der Waals surface area contributed by atoms with Crippen LogP contribution in [0.4, 0.5) is 0 Å². The van der Waals surface area contributed by atoms with Gasteiger partial charge in [0.05, 0.1) is 11.6 Å². The number of carbonyl (C=O) groups is 1. The van der Waals surface area contributed by atoms with E-state index in [0.717, 1.165) is 5.56 Å². The third-order valence-corrected chi connectivity index (χ3v) is 3.79. The molecular formula is C18H16ClN3O3. The molecule has 25 heavy (non-hydrogen) atoms. The summed E-state index contributed by atoms with van der Waals surface area (Å²) < 4.78 is 11.0. The molecule has 0 radical (unpaired) electrons. The van der Waals surface area contributed by atoms with Crippen LogP contribution in [0.3, 0.4) is 0 Å². The number of halogens is 1. The van der Waals surface area contributed by atoms with Gasteiger partial charge in [-0.3, -0.25) is 4.79 Å². The van der Waals surface area contributed by atoms with Crippen molar-refractivity contribution in [1.29, 1.82) is 0 Å². The topological polar surface area (TPSA) is 68.5 Å². The van der Waals surface area contributed by atoms with E-state index in [1.807, 2.05) is 30.3 Å². The molecule has 1 amide bonds. The molecule has 1 heterocycles. The lowest BCUT2D eigenvalue weighted by Crippen LogP contribution is -2.31. The van der Waals surface area contributed by atoms with Gasteiger partial charge in [0.25, 0.3) is 5.91 Å². The van der Waals surface area contributed by atoms with Gasteiger partial charge in [0.2, 0.25) is 11.8 Å². The summed E-state index contributed by atoms with van der Waals surface area (Å²) in [5.41, 5.74) is 0.831. The molecule has 3 aromatic rings. The zero-order valence-corrected chi connectivity index (χ0v) is 14.3. The van der Waals surface area contributed by atoms with Crippen molar-refractivity contribution in [2.45, 2.75) is 6.54 Å². The highest BCUT2D eigenvalue weighted by Gasteiger charge is 2.15. The second-order valence-electron chi connectivity index (χ2n) is 5.34. The van der Waals surface area contributed by atoms with E-state index in [0.29, 0.717) is 22.6 Å². The minimum absolute atomic E-state index is 0.125. The normalized spacial score (nSPS) is 10.5. The molecule has 0 fully saturated rings. The Balaban J connectivity index is 1.57. The molecule has 0 N–H and O–H groups in total. The average molecular weight is 358 g/mol.